The Kier molecular flexibility index (Phi) is 7.18. The smallest absolute Gasteiger partial charge is 0.321 e. The Hall–Kier alpha value is -2.06. The first kappa shape index (κ1) is 21.6. The van der Waals surface area contributed by atoms with Crippen molar-refractivity contribution in [2.45, 2.75) is 51.2 Å². The van der Waals surface area contributed by atoms with Crippen LogP contribution in [0.1, 0.15) is 38.7 Å². The number of rotatable bonds is 5. The molecule has 0 bridgehead atoms. The first-order chi connectivity index (χ1) is 13.8. The van der Waals surface area contributed by atoms with Crippen LogP contribution in [-0.4, -0.2) is 38.5 Å². The van der Waals surface area contributed by atoms with E-state index in [0.717, 1.165) is 24.1 Å². The molecule has 29 heavy (non-hydrogen) atoms. The highest BCUT2D eigenvalue weighted by atomic mass is 35.5. The molecule has 1 fully saturated rings. The zero-order valence-electron chi connectivity index (χ0n) is 16.8. The number of benzene rings is 1. The molecule has 7 nitrogen and oxygen atoms in total. The van der Waals surface area contributed by atoms with Crippen LogP contribution in [0.15, 0.2) is 29.7 Å². The minimum atomic E-state index is -0.437. The molecule has 0 spiro atoms. The summed E-state index contributed by atoms with van der Waals surface area (Å²) in [4.78, 5) is 24.4. The molecule has 1 aliphatic rings. The van der Waals surface area contributed by atoms with Gasteiger partial charge in [0.1, 0.15) is 6.33 Å². The molecule has 3 amide bonds. The van der Waals surface area contributed by atoms with Crippen molar-refractivity contribution in [3.8, 4) is 5.69 Å². The van der Waals surface area contributed by atoms with Crippen molar-refractivity contribution in [2.75, 3.05) is 5.75 Å². The number of urea groups is 1. The van der Waals surface area contributed by atoms with E-state index in [9.17, 15) is 9.59 Å². The van der Waals surface area contributed by atoms with E-state index in [-0.39, 0.29) is 17.7 Å². The van der Waals surface area contributed by atoms with Gasteiger partial charge < -0.3 is 5.32 Å². The monoisotopic (exact) mass is 435 g/mol. The van der Waals surface area contributed by atoms with Gasteiger partial charge in [-0.3, -0.25) is 14.7 Å². The quantitative estimate of drug-likeness (QED) is 0.693. The normalized spacial score (nSPS) is 21.6. The van der Waals surface area contributed by atoms with E-state index < -0.39 is 6.03 Å². The molecule has 1 heterocycles. The lowest BCUT2D eigenvalue weighted by atomic mass is 9.78. The number of carbonyl (C=O) groups excluding carboxylic acids is 2. The molecule has 9 heteroatoms. The summed E-state index contributed by atoms with van der Waals surface area (Å²) in [7, 11) is 0. The lowest BCUT2D eigenvalue weighted by molar-refractivity contribution is -0.117. The Bertz CT molecular complexity index is 888. The number of aromatic nitrogens is 3. The van der Waals surface area contributed by atoms with E-state index in [2.05, 4.69) is 34.7 Å². The third kappa shape index (κ3) is 5.51. The second kappa shape index (κ2) is 9.63. The fraction of sp³-hybridized carbons (Fsp3) is 0.500. The number of halogens is 1. The molecule has 1 aromatic heterocycles. The van der Waals surface area contributed by atoms with Gasteiger partial charge in [-0.2, -0.15) is 0 Å². The number of aryl methyl sites for hydroxylation is 1. The average molecular weight is 436 g/mol. The average Bonchev–Trinajstić information content (AvgIpc) is 3.14. The summed E-state index contributed by atoms with van der Waals surface area (Å²) in [6.07, 6.45) is 4.80. The minimum Gasteiger partial charge on any atom is -0.335 e. The number of nitrogens with zero attached hydrogens (tertiary/aromatic N) is 3. The van der Waals surface area contributed by atoms with Gasteiger partial charge in [0.15, 0.2) is 5.16 Å². The van der Waals surface area contributed by atoms with Crippen molar-refractivity contribution in [3.05, 3.63) is 35.1 Å². The highest BCUT2D eigenvalue weighted by Gasteiger charge is 2.28. The molecule has 0 aliphatic heterocycles. The van der Waals surface area contributed by atoms with Gasteiger partial charge in [-0.05, 0) is 42.9 Å². The van der Waals surface area contributed by atoms with Gasteiger partial charge in [0.05, 0.1) is 11.4 Å². The Balaban J connectivity index is 1.53. The van der Waals surface area contributed by atoms with Crippen molar-refractivity contribution in [1.29, 1.82) is 0 Å². The number of imide groups is 1. The predicted molar refractivity (Wildman–Crippen MR) is 114 cm³/mol. The third-order valence-electron chi connectivity index (χ3n) is 5.56. The van der Waals surface area contributed by atoms with Crippen LogP contribution >= 0.6 is 23.4 Å². The molecule has 0 unspecified atom stereocenters. The maximum absolute atomic E-state index is 12.2. The third-order valence-corrected chi connectivity index (χ3v) is 6.91. The number of amides is 3. The fourth-order valence-corrected chi connectivity index (χ4v) is 4.42. The molecule has 2 aromatic rings. The van der Waals surface area contributed by atoms with Crippen LogP contribution < -0.4 is 10.6 Å². The van der Waals surface area contributed by atoms with Gasteiger partial charge in [-0.1, -0.05) is 56.1 Å². The standard InChI is InChI=1S/C20H26ClN5O2S/c1-12-5-4-6-17(14(12)3)23-19(28)24-18(27)10-29-20-25-22-11-26(20)15-8-7-13(2)16(21)9-15/h7-9,11-12,14,17H,4-6,10H2,1-3H3,(H2,23,24,27,28)/t12-,14-,17+/m0/s1. The van der Waals surface area contributed by atoms with Crippen LogP contribution in [0, 0.1) is 18.8 Å². The van der Waals surface area contributed by atoms with Crippen LogP contribution in [0.4, 0.5) is 4.79 Å². The molecule has 0 saturated heterocycles. The predicted octanol–water partition coefficient (Wildman–Crippen LogP) is 3.97. The zero-order chi connectivity index (χ0) is 21.0. The second-order valence-corrected chi connectivity index (χ2v) is 8.95. The molecular formula is C20H26ClN5O2S. The largest absolute Gasteiger partial charge is 0.335 e. The van der Waals surface area contributed by atoms with Gasteiger partial charge in [0.25, 0.3) is 0 Å². The van der Waals surface area contributed by atoms with Gasteiger partial charge >= 0.3 is 6.03 Å². The molecular weight excluding hydrogens is 410 g/mol. The number of nitrogens with one attached hydrogen (secondary N) is 2. The Morgan fingerprint density at radius 2 is 2.10 bits per heavy atom. The van der Waals surface area contributed by atoms with Crippen molar-refractivity contribution in [2.24, 2.45) is 11.8 Å². The van der Waals surface area contributed by atoms with Gasteiger partial charge in [0.2, 0.25) is 5.91 Å². The van der Waals surface area contributed by atoms with Crippen LogP contribution in [0.3, 0.4) is 0 Å². The first-order valence-corrected chi connectivity index (χ1v) is 11.1. The highest BCUT2D eigenvalue weighted by Crippen LogP contribution is 2.29. The first-order valence-electron chi connectivity index (χ1n) is 9.75. The molecule has 1 aliphatic carbocycles. The van der Waals surface area contributed by atoms with Crippen molar-refractivity contribution in [1.82, 2.24) is 25.4 Å². The summed E-state index contributed by atoms with van der Waals surface area (Å²) in [5.74, 6) is 0.656. The topological polar surface area (TPSA) is 88.9 Å². The van der Waals surface area contributed by atoms with E-state index >= 15 is 0 Å². The summed E-state index contributed by atoms with van der Waals surface area (Å²) >= 11 is 7.41. The van der Waals surface area contributed by atoms with Crippen molar-refractivity contribution < 1.29 is 9.59 Å². The second-order valence-electron chi connectivity index (χ2n) is 7.60. The summed E-state index contributed by atoms with van der Waals surface area (Å²) in [5.41, 5.74) is 1.79. The fourth-order valence-electron chi connectivity index (χ4n) is 3.51. The van der Waals surface area contributed by atoms with Crippen molar-refractivity contribution >= 4 is 35.3 Å². The van der Waals surface area contributed by atoms with Crippen molar-refractivity contribution in [3.63, 3.8) is 0 Å². The zero-order valence-corrected chi connectivity index (χ0v) is 18.4. The van der Waals surface area contributed by atoms with Gasteiger partial charge in [-0.25, -0.2) is 4.79 Å². The summed E-state index contributed by atoms with van der Waals surface area (Å²) in [5, 5.41) is 14.5. The van der Waals surface area contributed by atoms with E-state index in [1.54, 1.807) is 10.9 Å². The van der Waals surface area contributed by atoms with E-state index in [0.29, 0.717) is 22.0 Å². The SMILES string of the molecule is Cc1ccc(-n2cnnc2SCC(=O)NC(=O)N[C@@H]2CCC[C@H](C)[C@@H]2C)cc1Cl. The Morgan fingerprint density at radius 3 is 2.86 bits per heavy atom. The summed E-state index contributed by atoms with van der Waals surface area (Å²) in [6.45, 7) is 6.28. The number of thioether (sulfide) groups is 1. The van der Waals surface area contributed by atoms with E-state index in [1.807, 2.05) is 25.1 Å². The maximum Gasteiger partial charge on any atom is 0.321 e. The molecule has 1 saturated carbocycles. The van der Waals surface area contributed by atoms with Gasteiger partial charge in [-0.15, -0.1) is 10.2 Å². The molecule has 3 rings (SSSR count). The summed E-state index contributed by atoms with van der Waals surface area (Å²) < 4.78 is 1.76. The van der Waals surface area contributed by atoms with E-state index in [1.165, 1.54) is 18.2 Å². The number of carbonyl (C=O) groups is 2. The lowest BCUT2D eigenvalue weighted by Crippen LogP contribution is -2.49. The minimum absolute atomic E-state index is 0.0579. The maximum atomic E-state index is 12.2. The Labute approximate surface area is 180 Å². The number of hydrogen-bond acceptors (Lipinski definition) is 5. The molecule has 156 valence electrons. The molecule has 0 radical (unpaired) electrons. The van der Waals surface area contributed by atoms with Crippen LogP contribution in [0.25, 0.3) is 5.69 Å². The van der Waals surface area contributed by atoms with Crippen LogP contribution in [0.2, 0.25) is 5.02 Å². The molecule has 2 N–H and O–H groups in total. The van der Waals surface area contributed by atoms with Crippen LogP contribution in [0.5, 0.6) is 0 Å². The van der Waals surface area contributed by atoms with Crippen LogP contribution in [-0.2, 0) is 4.79 Å². The van der Waals surface area contributed by atoms with E-state index in [4.69, 9.17) is 11.6 Å². The summed E-state index contributed by atoms with van der Waals surface area (Å²) in [6, 6.07) is 5.32. The molecule has 1 aromatic carbocycles. The van der Waals surface area contributed by atoms with Gasteiger partial charge in [0, 0.05) is 11.1 Å². The highest BCUT2D eigenvalue weighted by molar-refractivity contribution is 7.99. The lowest BCUT2D eigenvalue weighted by Gasteiger charge is -2.34. The number of hydrogen-bond donors (Lipinski definition) is 2. The Morgan fingerprint density at radius 1 is 1.31 bits per heavy atom. The molecule has 3 atom stereocenters.